The van der Waals surface area contributed by atoms with Gasteiger partial charge in [0.05, 0.1) is 25.4 Å². The maximum absolute atomic E-state index is 10.5. The summed E-state index contributed by atoms with van der Waals surface area (Å²) in [5, 5.41) is 16.9. The summed E-state index contributed by atoms with van der Waals surface area (Å²) in [6.07, 6.45) is 2.19. The van der Waals surface area contributed by atoms with Crippen molar-refractivity contribution in [1.29, 1.82) is 0 Å². The molecule has 0 aliphatic heterocycles. The number of aliphatic hydroxyl groups is 1. The van der Waals surface area contributed by atoms with Crippen molar-refractivity contribution < 1.29 is 14.6 Å². The number of pyridine rings is 1. The van der Waals surface area contributed by atoms with Gasteiger partial charge in [0.1, 0.15) is 5.75 Å². The number of guanidine groups is 1. The molecule has 7 nitrogen and oxygen atoms in total. The zero-order valence-electron chi connectivity index (χ0n) is 18.4. The van der Waals surface area contributed by atoms with E-state index in [0.29, 0.717) is 31.5 Å². The normalized spacial score (nSPS) is 12.5. The van der Waals surface area contributed by atoms with Gasteiger partial charge in [-0.1, -0.05) is 25.1 Å². The van der Waals surface area contributed by atoms with Gasteiger partial charge < -0.3 is 25.2 Å². The molecule has 0 saturated carbocycles. The first kappa shape index (κ1) is 23.5. The van der Waals surface area contributed by atoms with Crippen molar-refractivity contribution in [2.75, 3.05) is 19.7 Å². The second-order valence-electron chi connectivity index (χ2n) is 7.18. The Balaban J connectivity index is 1.89. The Bertz CT molecular complexity index is 761. The monoisotopic (exact) mass is 414 g/mol. The Hall–Kier alpha value is -2.80. The molecule has 0 saturated heterocycles. The Morgan fingerprint density at radius 2 is 1.87 bits per heavy atom. The third kappa shape index (κ3) is 8.29. The highest BCUT2D eigenvalue weighted by molar-refractivity contribution is 5.79. The first-order valence-corrected chi connectivity index (χ1v) is 10.6. The topological polar surface area (TPSA) is 88.0 Å². The molecular formula is C23H34N4O3. The first-order chi connectivity index (χ1) is 14.5. The van der Waals surface area contributed by atoms with E-state index in [1.54, 1.807) is 6.20 Å². The number of aromatic nitrogens is 1. The van der Waals surface area contributed by atoms with E-state index in [0.717, 1.165) is 29.8 Å². The second kappa shape index (κ2) is 12.7. The third-order valence-electron chi connectivity index (χ3n) is 4.12. The number of hydrogen-bond acceptors (Lipinski definition) is 5. The molecule has 0 aliphatic carbocycles. The van der Waals surface area contributed by atoms with Crippen LogP contribution >= 0.6 is 0 Å². The Morgan fingerprint density at radius 3 is 2.47 bits per heavy atom. The summed E-state index contributed by atoms with van der Waals surface area (Å²) in [4.78, 5) is 8.87. The van der Waals surface area contributed by atoms with Crippen LogP contribution in [-0.4, -0.2) is 41.9 Å². The Kier molecular flexibility index (Phi) is 9.94. The molecule has 0 bridgehead atoms. The lowest BCUT2D eigenvalue weighted by Crippen LogP contribution is -2.39. The fourth-order valence-electron chi connectivity index (χ4n) is 2.66. The third-order valence-corrected chi connectivity index (χ3v) is 4.12. The predicted molar refractivity (Wildman–Crippen MR) is 120 cm³/mol. The van der Waals surface area contributed by atoms with E-state index in [-0.39, 0.29) is 6.10 Å². The number of hydrogen-bond donors (Lipinski definition) is 3. The number of rotatable bonds is 11. The van der Waals surface area contributed by atoms with Crippen LogP contribution < -0.4 is 20.1 Å². The van der Waals surface area contributed by atoms with Crippen molar-refractivity contribution in [3.63, 3.8) is 0 Å². The van der Waals surface area contributed by atoms with Crippen molar-refractivity contribution in [2.24, 2.45) is 4.99 Å². The van der Waals surface area contributed by atoms with Crippen LogP contribution in [0.4, 0.5) is 0 Å². The Labute approximate surface area is 179 Å². The minimum atomic E-state index is -0.654. The summed E-state index contributed by atoms with van der Waals surface area (Å²) >= 11 is 0. The van der Waals surface area contributed by atoms with Crippen molar-refractivity contribution in [3.8, 4) is 11.6 Å². The predicted octanol–water partition coefficient (Wildman–Crippen LogP) is 3.45. The van der Waals surface area contributed by atoms with Crippen LogP contribution in [0.1, 0.15) is 51.3 Å². The van der Waals surface area contributed by atoms with Gasteiger partial charge in [-0.3, -0.25) is 0 Å². The molecule has 1 unspecified atom stereocenters. The highest BCUT2D eigenvalue weighted by atomic mass is 16.5. The highest BCUT2D eigenvalue weighted by Crippen LogP contribution is 2.18. The first-order valence-electron chi connectivity index (χ1n) is 10.6. The second-order valence-corrected chi connectivity index (χ2v) is 7.18. The van der Waals surface area contributed by atoms with Gasteiger partial charge >= 0.3 is 0 Å². The van der Waals surface area contributed by atoms with E-state index >= 15 is 0 Å². The van der Waals surface area contributed by atoms with E-state index in [1.165, 1.54) is 0 Å². The fourth-order valence-corrected chi connectivity index (χ4v) is 2.66. The van der Waals surface area contributed by atoms with Crippen LogP contribution in [0.15, 0.2) is 47.6 Å². The van der Waals surface area contributed by atoms with Crippen LogP contribution in [0.25, 0.3) is 0 Å². The average molecular weight is 415 g/mol. The quantitative estimate of drug-likeness (QED) is 0.386. The molecule has 164 valence electrons. The van der Waals surface area contributed by atoms with Gasteiger partial charge in [0.25, 0.3) is 0 Å². The van der Waals surface area contributed by atoms with Crippen molar-refractivity contribution in [3.05, 3.63) is 53.7 Å². The Morgan fingerprint density at radius 1 is 1.10 bits per heavy atom. The van der Waals surface area contributed by atoms with Crippen LogP contribution in [-0.2, 0) is 6.54 Å². The lowest BCUT2D eigenvalue weighted by Gasteiger charge is -2.16. The number of nitrogens with one attached hydrogen (secondary N) is 2. The number of benzene rings is 1. The molecule has 7 heteroatoms. The molecule has 3 N–H and O–H groups in total. The van der Waals surface area contributed by atoms with E-state index in [1.807, 2.05) is 57.2 Å². The van der Waals surface area contributed by atoms with Crippen LogP contribution in [0.3, 0.4) is 0 Å². The zero-order valence-corrected chi connectivity index (χ0v) is 18.4. The van der Waals surface area contributed by atoms with Crippen LogP contribution in [0, 0.1) is 0 Å². The summed E-state index contributed by atoms with van der Waals surface area (Å²) in [7, 11) is 0. The smallest absolute Gasteiger partial charge is 0.213 e. The molecule has 0 amide bonds. The fraction of sp³-hybridized carbons (Fsp3) is 0.478. The lowest BCUT2D eigenvalue weighted by molar-refractivity contribution is 0.180. The van der Waals surface area contributed by atoms with Crippen LogP contribution in [0.2, 0.25) is 0 Å². The van der Waals surface area contributed by atoms with E-state index < -0.39 is 6.10 Å². The van der Waals surface area contributed by atoms with E-state index in [9.17, 15) is 5.11 Å². The standard InChI is InChI=1S/C23H34N4O3/c1-5-13-29-22-12-7-18(14-25-22)15-26-23(24-6-2)27-16-21(28)19-8-10-20(11-9-19)30-17(3)4/h7-12,14,17,21,28H,5-6,13,15-16H2,1-4H3,(H2,24,26,27). The molecule has 1 atom stereocenters. The van der Waals surface area contributed by atoms with Gasteiger partial charge in [0, 0.05) is 25.4 Å². The van der Waals surface area contributed by atoms with Gasteiger partial charge in [-0.05, 0) is 50.5 Å². The van der Waals surface area contributed by atoms with Crippen molar-refractivity contribution in [2.45, 2.75) is 52.9 Å². The summed E-state index contributed by atoms with van der Waals surface area (Å²) in [6, 6.07) is 11.3. The molecule has 0 spiro atoms. The molecule has 2 rings (SSSR count). The molecule has 0 aliphatic rings. The number of ether oxygens (including phenoxy) is 2. The molecule has 0 fully saturated rings. The summed E-state index contributed by atoms with van der Waals surface area (Å²) in [6.45, 7) is 10.2. The SMILES string of the molecule is CCCOc1ccc(CN=C(NCC)NCC(O)c2ccc(OC(C)C)cc2)cn1. The zero-order chi connectivity index (χ0) is 21.8. The number of aliphatic imine (C=N–C) groups is 1. The van der Waals surface area contributed by atoms with Crippen LogP contribution in [0.5, 0.6) is 11.6 Å². The minimum absolute atomic E-state index is 0.122. The maximum atomic E-state index is 10.5. The minimum Gasteiger partial charge on any atom is -0.491 e. The van der Waals surface area contributed by atoms with Gasteiger partial charge in [0.2, 0.25) is 5.88 Å². The van der Waals surface area contributed by atoms with E-state index in [2.05, 4.69) is 27.5 Å². The van der Waals surface area contributed by atoms with Gasteiger partial charge in [-0.25, -0.2) is 9.98 Å². The van der Waals surface area contributed by atoms with Gasteiger partial charge in [-0.2, -0.15) is 0 Å². The number of nitrogens with zero attached hydrogens (tertiary/aromatic N) is 2. The molecule has 0 radical (unpaired) electrons. The summed E-state index contributed by atoms with van der Waals surface area (Å²) in [5.74, 6) is 2.06. The van der Waals surface area contributed by atoms with E-state index in [4.69, 9.17) is 9.47 Å². The van der Waals surface area contributed by atoms with Crippen molar-refractivity contribution in [1.82, 2.24) is 15.6 Å². The number of aliphatic hydroxyl groups excluding tert-OH is 1. The van der Waals surface area contributed by atoms with Gasteiger partial charge in [0.15, 0.2) is 5.96 Å². The molecule has 1 aromatic carbocycles. The highest BCUT2D eigenvalue weighted by Gasteiger charge is 2.09. The average Bonchev–Trinajstić information content (AvgIpc) is 2.75. The largest absolute Gasteiger partial charge is 0.491 e. The molecule has 1 heterocycles. The molecule has 2 aromatic rings. The molecule has 30 heavy (non-hydrogen) atoms. The van der Waals surface area contributed by atoms with Crippen molar-refractivity contribution >= 4 is 5.96 Å². The summed E-state index contributed by atoms with van der Waals surface area (Å²) < 4.78 is 11.1. The summed E-state index contributed by atoms with van der Waals surface area (Å²) in [5.41, 5.74) is 1.80. The van der Waals surface area contributed by atoms with Gasteiger partial charge in [-0.15, -0.1) is 0 Å². The maximum Gasteiger partial charge on any atom is 0.213 e. The lowest BCUT2D eigenvalue weighted by atomic mass is 10.1. The molecule has 1 aromatic heterocycles. The molecular weight excluding hydrogens is 380 g/mol.